The zero-order valence-electron chi connectivity index (χ0n) is 33.3. The van der Waals surface area contributed by atoms with Crippen LogP contribution in [0.1, 0.15) is 27.8 Å². The van der Waals surface area contributed by atoms with Gasteiger partial charge in [0.15, 0.2) is 0 Å². The maximum absolute atomic E-state index is 12.8. The summed E-state index contributed by atoms with van der Waals surface area (Å²) in [7, 11) is 0. The zero-order chi connectivity index (χ0) is 43.3. The molecule has 0 aliphatic carbocycles. The highest BCUT2D eigenvalue weighted by atomic mass is 16.6. The van der Waals surface area contributed by atoms with Crippen LogP contribution in [0, 0.1) is 6.92 Å². The van der Waals surface area contributed by atoms with Crippen LogP contribution < -0.4 is 40.2 Å². The maximum atomic E-state index is 12.8. The average Bonchev–Trinajstić information content (AvgIpc) is 3.24. The van der Waals surface area contributed by atoms with Crippen molar-refractivity contribution in [3.63, 3.8) is 0 Å². The molecule has 7 rings (SSSR count). The van der Waals surface area contributed by atoms with E-state index in [9.17, 15) is 24.3 Å². The van der Waals surface area contributed by atoms with Crippen LogP contribution in [0.3, 0.4) is 0 Å². The molecule has 0 unspecified atom stereocenters. The summed E-state index contributed by atoms with van der Waals surface area (Å²) in [6, 6.07) is 48.3. The molecule has 0 saturated carbocycles. The molecule has 13 heteroatoms. The summed E-state index contributed by atoms with van der Waals surface area (Å²) >= 11 is 0. The Morgan fingerprint density at radius 1 is 0.419 bits per heavy atom. The third-order valence-electron chi connectivity index (χ3n) is 9.15. The quantitative estimate of drug-likeness (QED) is 0.0803. The van der Waals surface area contributed by atoms with Gasteiger partial charge < -0.3 is 24.1 Å². The molecule has 7 aromatic rings. The Hall–Kier alpha value is -8.58. The van der Waals surface area contributed by atoms with Crippen molar-refractivity contribution in [3.05, 3.63) is 198 Å². The molecule has 4 amide bonds. The first-order valence-electron chi connectivity index (χ1n) is 19.3. The molecule has 0 aliphatic rings. The molecule has 62 heavy (non-hydrogen) atoms. The van der Waals surface area contributed by atoms with Gasteiger partial charge in [-0.1, -0.05) is 84.9 Å². The van der Waals surface area contributed by atoms with Gasteiger partial charge in [-0.25, -0.2) is 19.2 Å². The molecule has 5 N–H and O–H groups in total. The van der Waals surface area contributed by atoms with Crippen LogP contribution in [-0.4, -0.2) is 29.5 Å². The number of amides is 4. The number of carbonyl (C=O) groups is 4. The number of rotatable bonds is 12. The Morgan fingerprint density at radius 2 is 0.806 bits per heavy atom. The lowest BCUT2D eigenvalue weighted by molar-refractivity contribution is 0.212. The Bertz CT molecular complexity index is 2520. The number of carbonyl (C=O) groups excluding carboxylic acids is 4. The number of aryl methyl sites for hydroxylation is 1. The largest absolute Gasteiger partial charge is 0.508 e. The minimum Gasteiger partial charge on any atom is -0.508 e. The highest BCUT2D eigenvalue weighted by molar-refractivity contribution is 5.89. The lowest BCUT2D eigenvalue weighted by atomic mass is 10.0. The molecule has 0 heterocycles. The van der Waals surface area contributed by atoms with Crippen LogP contribution >= 0.6 is 0 Å². The number of hydrogen-bond donors (Lipinski definition) is 5. The molecular weight excluding hydrogens is 789 g/mol. The van der Waals surface area contributed by atoms with Gasteiger partial charge in [0, 0.05) is 34.9 Å². The number of nitrogens with one attached hydrogen (secondary N) is 4. The van der Waals surface area contributed by atoms with Crippen molar-refractivity contribution >= 4 is 47.1 Å². The third-order valence-corrected chi connectivity index (χ3v) is 9.15. The van der Waals surface area contributed by atoms with E-state index >= 15 is 0 Å². The second-order valence-electron chi connectivity index (χ2n) is 13.9. The predicted octanol–water partition coefficient (Wildman–Crippen LogP) is 11.3. The van der Waals surface area contributed by atoms with Crippen molar-refractivity contribution in [3.8, 4) is 28.7 Å². The van der Waals surface area contributed by atoms with Crippen molar-refractivity contribution in [2.45, 2.75) is 19.8 Å². The second-order valence-corrected chi connectivity index (χ2v) is 13.9. The molecule has 0 bridgehead atoms. The smallest absolute Gasteiger partial charge is 0.417 e. The SMILES string of the molecule is Cc1cccc(OC(=O)Nc2ccccc2Cc2ccc(NC(=O)Oc3cccc(OC(=O)Nc4ccc(Cc5ccccc5NC(=O)Oc5cccc(O)c5)cc4)c3)cc2)c1. The number of anilines is 4. The van der Waals surface area contributed by atoms with Crippen LogP contribution in [0.4, 0.5) is 41.9 Å². The second kappa shape index (κ2) is 19.9. The first-order valence-corrected chi connectivity index (χ1v) is 19.3. The fourth-order valence-corrected chi connectivity index (χ4v) is 6.26. The van der Waals surface area contributed by atoms with Crippen molar-refractivity contribution in [1.82, 2.24) is 0 Å². The van der Waals surface area contributed by atoms with E-state index in [1.54, 1.807) is 84.9 Å². The van der Waals surface area contributed by atoms with Crippen LogP contribution in [-0.2, 0) is 12.8 Å². The van der Waals surface area contributed by atoms with Gasteiger partial charge in [0.25, 0.3) is 0 Å². The summed E-state index contributed by atoms with van der Waals surface area (Å²) in [4.78, 5) is 50.7. The lowest BCUT2D eigenvalue weighted by Crippen LogP contribution is -2.18. The van der Waals surface area contributed by atoms with E-state index in [0.29, 0.717) is 41.3 Å². The first-order chi connectivity index (χ1) is 30.1. The van der Waals surface area contributed by atoms with Crippen molar-refractivity contribution in [1.29, 1.82) is 0 Å². The molecule has 0 atom stereocenters. The fraction of sp³-hybridized carbons (Fsp3) is 0.0612. The fourth-order valence-electron chi connectivity index (χ4n) is 6.26. The number of benzene rings is 7. The van der Waals surface area contributed by atoms with Crippen LogP contribution in [0.25, 0.3) is 0 Å². The van der Waals surface area contributed by atoms with Crippen LogP contribution in [0.5, 0.6) is 28.7 Å². The van der Waals surface area contributed by atoms with E-state index in [1.165, 1.54) is 18.2 Å². The first kappa shape index (κ1) is 41.6. The molecule has 0 radical (unpaired) electrons. The summed E-state index contributed by atoms with van der Waals surface area (Å²) in [6.07, 6.45) is -1.80. The van der Waals surface area contributed by atoms with E-state index in [2.05, 4.69) is 21.3 Å². The average molecular weight is 829 g/mol. The van der Waals surface area contributed by atoms with Crippen molar-refractivity contribution in [2.24, 2.45) is 0 Å². The molecule has 0 spiro atoms. The van der Waals surface area contributed by atoms with E-state index in [0.717, 1.165) is 27.8 Å². The van der Waals surface area contributed by atoms with Crippen molar-refractivity contribution in [2.75, 3.05) is 21.3 Å². The number of phenolic OH excluding ortho intramolecular Hbond substituents is 1. The molecule has 310 valence electrons. The van der Waals surface area contributed by atoms with Gasteiger partial charge in [-0.05, 0) is 120 Å². The molecule has 7 aromatic carbocycles. The number of ether oxygens (including phenoxy) is 4. The van der Waals surface area contributed by atoms with E-state index in [1.807, 2.05) is 73.7 Å². The number of hydrogen-bond acceptors (Lipinski definition) is 9. The molecule has 0 saturated heterocycles. The van der Waals surface area contributed by atoms with Crippen LogP contribution in [0.2, 0.25) is 0 Å². The van der Waals surface area contributed by atoms with Gasteiger partial charge in [0.1, 0.15) is 28.7 Å². The summed E-state index contributed by atoms with van der Waals surface area (Å²) < 4.78 is 21.6. The molecular formula is C49H40N4O9. The van der Waals surface area contributed by atoms with Crippen LogP contribution in [0.15, 0.2) is 170 Å². The summed E-state index contributed by atoms with van der Waals surface area (Å²) in [5, 5.41) is 20.6. The molecule has 0 fully saturated rings. The van der Waals surface area contributed by atoms with Gasteiger partial charge in [-0.3, -0.25) is 21.3 Å². The van der Waals surface area contributed by atoms with E-state index < -0.39 is 24.4 Å². The minimum absolute atomic E-state index is 0.0181. The predicted molar refractivity (Wildman–Crippen MR) is 236 cm³/mol. The monoisotopic (exact) mass is 828 g/mol. The van der Waals surface area contributed by atoms with Gasteiger partial charge >= 0.3 is 24.4 Å². The van der Waals surface area contributed by atoms with E-state index in [-0.39, 0.29) is 23.0 Å². The Morgan fingerprint density at radius 3 is 1.26 bits per heavy atom. The summed E-state index contributed by atoms with van der Waals surface area (Å²) in [5.74, 6) is 0.944. The van der Waals surface area contributed by atoms with Gasteiger partial charge in [0.2, 0.25) is 0 Å². The molecule has 0 aromatic heterocycles. The van der Waals surface area contributed by atoms with Gasteiger partial charge in [-0.2, -0.15) is 0 Å². The normalized spacial score (nSPS) is 10.5. The van der Waals surface area contributed by atoms with Gasteiger partial charge in [0.05, 0.1) is 0 Å². The third kappa shape index (κ3) is 12.2. The van der Waals surface area contributed by atoms with Gasteiger partial charge in [-0.15, -0.1) is 0 Å². The molecule has 13 nitrogen and oxygen atoms in total. The Balaban J connectivity index is 0.867. The maximum Gasteiger partial charge on any atom is 0.417 e. The summed E-state index contributed by atoms with van der Waals surface area (Å²) in [6.45, 7) is 1.92. The minimum atomic E-state index is -0.750. The lowest BCUT2D eigenvalue weighted by Gasteiger charge is -2.12. The summed E-state index contributed by atoms with van der Waals surface area (Å²) in [5.41, 5.74) is 6.69. The Kier molecular flexibility index (Phi) is 13.4. The zero-order valence-corrected chi connectivity index (χ0v) is 33.3. The number of para-hydroxylation sites is 2. The van der Waals surface area contributed by atoms with E-state index in [4.69, 9.17) is 18.9 Å². The van der Waals surface area contributed by atoms with Crippen molar-refractivity contribution < 1.29 is 43.2 Å². The topological polar surface area (TPSA) is 174 Å². The number of phenols is 1. The highest BCUT2D eigenvalue weighted by Crippen LogP contribution is 2.25. The Labute approximate surface area is 356 Å². The standard InChI is InChI=1S/C49H40N4O9/c1-32-9-6-13-40(27-32)59-48(57)52-44-17-4-2-10-35(44)28-33-19-23-37(24-20-33)50-46(55)61-42-15-8-16-43(31-42)62-47(56)51-38-25-21-34(22-26-38)29-36-11-3-5-18-45(36)53-49(58)60-41-14-7-12-39(54)30-41/h2-27,30-31,54H,28-29H2,1H3,(H,50,55)(H,51,56)(H,52,57)(H,53,58). The number of aromatic hydroxyl groups is 1. The highest BCUT2D eigenvalue weighted by Gasteiger charge is 2.14. The molecule has 0 aliphatic heterocycles.